The molecule has 0 aliphatic rings. The molecule has 0 heterocycles. The molecule has 92 valence electrons. The van der Waals surface area contributed by atoms with Crippen LogP contribution in [0, 0.1) is 0 Å². The summed E-state index contributed by atoms with van der Waals surface area (Å²) in [5, 5.41) is 0.335. The number of benzene rings is 1. The lowest BCUT2D eigenvalue weighted by Crippen LogP contribution is -2.02. The van der Waals surface area contributed by atoms with Crippen LogP contribution in [0.15, 0.2) is 24.8 Å². The van der Waals surface area contributed by atoms with Crippen LogP contribution in [-0.2, 0) is 0 Å². The van der Waals surface area contributed by atoms with E-state index < -0.39 is 0 Å². The van der Waals surface area contributed by atoms with Crippen molar-refractivity contribution in [1.82, 2.24) is 0 Å². The Hall–Kier alpha value is -1.48. The normalized spacial score (nSPS) is 9.82. The summed E-state index contributed by atoms with van der Waals surface area (Å²) in [5.41, 5.74) is 0.369. The lowest BCUT2D eigenvalue weighted by molar-refractivity contribution is 0.104. The van der Waals surface area contributed by atoms with Gasteiger partial charge in [-0.1, -0.05) is 18.2 Å². The zero-order valence-corrected chi connectivity index (χ0v) is 10.7. The smallest absolute Gasteiger partial charge is 0.186 e. The van der Waals surface area contributed by atoms with Gasteiger partial charge < -0.3 is 9.47 Å². The van der Waals surface area contributed by atoms with E-state index in [4.69, 9.17) is 21.1 Å². The van der Waals surface area contributed by atoms with Crippen LogP contribution >= 0.6 is 11.6 Å². The predicted octanol–water partition coefficient (Wildman–Crippen LogP) is 3.51. The van der Waals surface area contributed by atoms with Gasteiger partial charge in [0.25, 0.3) is 0 Å². The molecule has 4 heteroatoms. The second kappa shape index (κ2) is 6.30. The van der Waals surface area contributed by atoms with Crippen molar-refractivity contribution in [1.29, 1.82) is 0 Å². The summed E-state index contributed by atoms with van der Waals surface area (Å²) >= 11 is 6.01. The first-order valence-electron chi connectivity index (χ1n) is 5.39. The van der Waals surface area contributed by atoms with Gasteiger partial charge in [0, 0.05) is 11.6 Å². The Balaban J connectivity index is 3.23. The van der Waals surface area contributed by atoms with Crippen molar-refractivity contribution in [3.63, 3.8) is 0 Å². The van der Waals surface area contributed by atoms with E-state index in [2.05, 4.69) is 6.58 Å². The minimum atomic E-state index is -0.237. The Labute approximate surface area is 106 Å². The molecule has 0 aliphatic carbocycles. The van der Waals surface area contributed by atoms with Gasteiger partial charge in [-0.2, -0.15) is 0 Å². The van der Waals surface area contributed by atoms with Crippen LogP contribution in [0.5, 0.6) is 11.5 Å². The van der Waals surface area contributed by atoms with Crippen molar-refractivity contribution in [2.24, 2.45) is 0 Å². The Morgan fingerprint density at radius 2 is 1.82 bits per heavy atom. The molecule has 1 rings (SSSR count). The summed E-state index contributed by atoms with van der Waals surface area (Å²) in [4.78, 5) is 11.6. The standard InChI is InChI=1S/C13H15ClO3/c1-4-11(15)9-7-12(16-5-2)13(17-6-3)8-10(9)14/h4,7-8H,1,5-6H2,2-3H3. The zero-order chi connectivity index (χ0) is 12.8. The van der Waals surface area contributed by atoms with Crippen molar-refractivity contribution in [2.45, 2.75) is 13.8 Å². The molecule has 0 N–H and O–H groups in total. The zero-order valence-electron chi connectivity index (χ0n) is 9.96. The summed E-state index contributed by atoms with van der Waals surface area (Å²) in [5.74, 6) is 0.822. The maximum atomic E-state index is 11.6. The first kappa shape index (κ1) is 13.6. The van der Waals surface area contributed by atoms with Gasteiger partial charge in [-0.05, 0) is 26.0 Å². The molecule has 0 bridgehead atoms. The molecular weight excluding hydrogens is 240 g/mol. The van der Waals surface area contributed by atoms with E-state index in [1.165, 1.54) is 6.08 Å². The quantitative estimate of drug-likeness (QED) is 0.576. The van der Waals surface area contributed by atoms with Gasteiger partial charge in [0.2, 0.25) is 0 Å². The summed E-state index contributed by atoms with van der Waals surface area (Å²) in [6.07, 6.45) is 1.22. The summed E-state index contributed by atoms with van der Waals surface area (Å²) in [6.45, 7) is 8.15. The first-order valence-corrected chi connectivity index (χ1v) is 5.77. The highest BCUT2D eigenvalue weighted by Gasteiger charge is 2.14. The predicted molar refractivity (Wildman–Crippen MR) is 68.3 cm³/mol. The molecule has 0 unspecified atom stereocenters. The van der Waals surface area contributed by atoms with Crippen molar-refractivity contribution in [3.05, 3.63) is 35.4 Å². The van der Waals surface area contributed by atoms with E-state index in [9.17, 15) is 4.79 Å². The largest absolute Gasteiger partial charge is 0.490 e. The maximum absolute atomic E-state index is 11.6. The fraction of sp³-hybridized carbons (Fsp3) is 0.308. The SMILES string of the molecule is C=CC(=O)c1cc(OCC)c(OCC)cc1Cl. The van der Waals surface area contributed by atoms with E-state index >= 15 is 0 Å². The topological polar surface area (TPSA) is 35.5 Å². The molecule has 1 aromatic rings. The second-order valence-corrected chi connectivity index (χ2v) is 3.62. The van der Waals surface area contributed by atoms with Crippen LogP contribution in [0.4, 0.5) is 0 Å². The maximum Gasteiger partial charge on any atom is 0.186 e. The van der Waals surface area contributed by atoms with Crippen LogP contribution in [0.25, 0.3) is 0 Å². The number of ketones is 1. The van der Waals surface area contributed by atoms with Gasteiger partial charge in [-0.25, -0.2) is 0 Å². The minimum absolute atomic E-state index is 0.237. The molecular formula is C13H15ClO3. The Morgan fingerprint density at radius 1 is 1.29 bits per heavy atom. The third kappa shape index (κ3) is 3.24. The molecule has 0 saturated heterocycles. The van der Waals surface area contributed by atoms with Crippen molar-refractivity contribution in [3.8, 4) is 11.5 Å². The number of hydrogen-bond donors (Lipinski definition) is 0. The molecule has 0 aromatic heterocycles. The first-order chi connectivity index (χ1) is 8.13. The minimum Gasteiger partial charge on any atom is -0.490 e. The molecule has 0 saturated carbocycles. The van der Waals surface area contributed by atoms with Crippen molar-refractivity contribution in [2.75, 3.05) is 13.2 Å². The van der Waals surface area contributed by atoms with Gasteiger partial charge in [0.05, 0.1) is 18.2 Å². The van der Waals surface area contributed by atoms with Crippen LogP contribution < -0.4 is 9.47 Å². The van der Waals surface area contributed by atoms with Crippen LogP contribution in [-0.4, -0.2) is 19.0 Å². The Bertz CT molecular complexity index is 427. The second-order valence-electron chi connectivity index (χ2n) is 3.21. The molecule has 0 fully saturated rings. The van der Waals surface area contributed by atoms with E-state index in [0.717, 1.165) is 0 Å². The Kier molecular flexibility index (Phi) is 5.04. The lowest BCUT2D eigenvalue weighted by atomic mass is 10.1. The fourth-order valence-electron chi connectivity index (χ4n) is 1.37. The van der Waals surface area contributed by atoms with E-state index in [0.29, 0.717) is 35.3 Å². The van der Waals surface area contributed by atoms with E-state index in [-0.39, 0.29) is 5.78 Å². The molecule has 0 aliphatic heterocycles. The van der Waals surface area contributed by atoms with Gasteiger partial charge in [0.15, 0.2) is 17.3 Å². The average Bonchev–Trinajstić information content (AvgIpc) is 2.32. The van der Waals surface area contributed by atoms with Crippen molar-refractivity contribution >= 4 is 17.4 Å². The number of carbonyl (C=O) groups is 1. The highest BCUT2D eigenvalue weighted by atomic mass is 35.5. The third-order valence-electron chi connectivity index (χ3n) is 2.08. The van der Waals surface area contributed by atoms with E-state index in [1.807, 2.05) is 13.8 Å². The van der Waals surface area contributed by atoms with Gasteiger partial charge >= 0.3 is 0 Å². The highest BCUT2D eigenvalue weighted by Crippen LogP contribution is 2.34. The summed E-state index contributed by atoms with van der Waals surface area (Å²) in [6, 6.07) is 3.17. The molecule has 17 heavy (non-hydrogen) atoms. The summed E-state index contributed by atoms with van der Waals surface area (Å²) < 4.78 is 10.8. The van der Waals surface area contributed by atoms with Crippen LogP contribution in [0.2, 0.25) is 5.02 Å². The number of hydrogen-bond acceptors (Lipinski definition) is 3. The van der Waals surface area contributed by atoms with Gasteiger partial charge in [-0.3, -0.25) is 4.79 Å². The monoisotopic (exact) mass is 254 g/mol. The van der Waals surface area contributed by atoms with Crippen LogP contribution in [0.1, 0.15) is 24.2 Å². The number of rotatable bonds is 6. The molecule has 0 amide bonds. The fourth-order valence-corrected chi connectivity index (χ4v) is 1.62. The van der Waals surface area contributed by atoms with E-state index in [1.54, 1.807) is 12.1 Å². The third-order valence-corrected chi connectivity index (χ3v) is 2.40. The molecule has 0 atom stereocenters. The highest BCUT2D eigenvalue weighted by molar-refractivity contribution is 6.34. The van der Waals surface area contributed by atoms with Gasteiger partial charge in [-0.15, -0.1) is 0 Å². The number of carbonyl (C=O) groups excluding carboxylic acids is 1. The number of halogens is 1. The molecule has 0 spiro atoms. The number of allylic oxidation sites excluding steroid dienone is 1. The molecule has 1 aromatic carbocycles. The Morgan fingerprint density at radius 3 is 2.29 bits per heavy atom. The number of ether oxygens (including phenoxy) is 2. The van der Waals surface area contributed by atoms with Crippen molar-refractivity contribution < 1.29 is 14.3 Å². The average molecular weight is 255 g/mol. The summed E-state index contributed by atoms with van der Waals surface area (Å²) in [7, 11) is 0. The molecule has 3 nitrogen and oxygen atoms in total. The molecule has 0 radical (unpaired) electrons. The van der Waals surface area contributed by atoms with Crippen LogP contribution in [0.3, 0.4) is 0 Å². The lowest BCUT2D eigenvalue weighted by Gasteiger charge is -2.12. The van der Waals surface area contributed by atoms with Gasteiger partial charge in [0.1, 0.15) is 0 Å².